The molecule has 0 bridgehead atoms. The fraction of sp³-hybridized carbons (Fsp3) is 0.0800. The van der Waals surface area contributed by atoms with Crippen LogP contribution < -0.4 is 14.3 Å². The van der Waals surface area contributed by atoms with Gasteiger partial charge < -0.3 is 9.47 Å². The molecule has 32 heavy (non-hydrogen) atoms. The average molecular weight is 447 g/mol. The molecule has 0 aliphatic rings. The van der Waals surface area contributed by atoms with Gasteiger partial charge in [0.15, 0.2) is 11.5 Å². The van der Waals surface area contributed by atoms with Gasteiger partial charge in [0.25, 0.3) is 10.0 Å². The van der Waals surface area contributed by atoms with Crippen LogP contribution in [0.25, 0.3) is 10.8 Å². The second-order valence-corrected chi connectivity index (χ2v) is 8.66. The number of hydrogen-bond acceptors (Lipinski definition) is 5. The van der Waals surface area contributed by atoms with Crippen LogP contribution >= 0.6 is 0 Å². The summed E-state index contributed by atoms with van der Waals surface area (Å²) in [6.07, 6.45) is 1.41. The molecule has 0 atom stereocenters. The summed E-state index contributed by atoms with van der Waals surface area (Å²) in [6, 6.07) is 27.6. The first kappa shape index (κ1) is 21.4. The molecule has 7 heteroatoms. The Morgan fingerprint density at radius 2 is 1.62 bits per heavy atom. The lowest BCUT2D eigenvalue weighted by Crippen LogP contribution is -2.18. The topological polar surface area (TPSA) is 77.0 Å². The van der Waals surface area contributed by atoms with E-state index >= 15 is 0 Å². The van der Waals surface area contributed by atoms with Gasteiger partial charge in [0.1, 0.15) is 6.61 Å². The third kappa shape index (κ3) is 4.90. The molecule has 4 aromatic rings. The molecule has 162 valence electrons. The third-order valence-electron chi connectivity index (χ3n) is 4.89. The average Bonchev–Trinajstić information content (AvgIpc) is 2.83. The van der Waals surface area contributed by atoms with Crippen molar-refractivity contribution in [2.75, 3.05) is 7.11 Å². The lowest BCUT2D eigenvalue weighted by Gasteiger charge is -2.12. The van der Waals surface area contributed by atoms with Crippen molar-refractivity contribution in [3.63, 3.8) is 0 Å². The zero-order chi connectivity index (χ0) is 22.4. The summed E-state index contributed by atoms with van der Waals surface area (Å²) in [5.41, 5.74) is 1.74. The maximum absolute atomic E-state index is 12.2. The van der Waals surface area contributed by atoms with Crippen LogP contribution in [0, 0.1) is 0 Å². The molecule has 1 N–H and O–H groups in total. The van der Waals surface area contributed by atoms with E-state index in [1.165, 1.54) is 18.3 Å². The number of ether oxygens (including phenoxy) is 2. The molecule has 6 nitrogen and oxygen atoms in total. The molecule has 4 rings (SSSR count). The van der Waals surface area contributed by atoms with Gasteiger partial charge in [0.05, 0.1) is 18.2 Å². The quantitative estimate of drug-likeness (QED) is 0.313. The molecule has 0 aliphatic carbocycles. The predicted octanol–water partition coefficient (Wildman–Crippen LogP) is 4.74. The molecular formula is C25H22N2O4S. The van der Waals surface area contributed by atoms with Crippen molar-refractivity contribution in [1.29, 1.82) is 0 Å². The van der Waals surface area contributed by atoms with E-state index in [1.54, 1.807) is 43.5 Å². The summed E-state index contributed by atoms with van der Waals surface area (Å²) < 4.78 is 36.0. The first-order chi connectivity index (χ1) is 15.6. The maximum Gasteiger partial charge on any atom is 0.276 e. The van der Waals surface area contributed by atoms with E-state index in [0.717, 1.165) is 16.3 Å². The number of benzene rings is 4. The van der Waals surface area contributed by atoms with E-state index in [2.05, 4.69) is 28.1 Å². The Balaban J connectivity index is 1.46. The molecule has 4 aromatic carbocycles. The van der Waals surface area contributed by atoms with Crippen molar-refractivity contribution in [1.82, 2.24) is 4.83 Å². The number of fused-ring (bicyclic) bond motifs is 1. The van der Waals surface area contributed by atoms with Gasteiger partial charge in [-0.15, -0.1) is 0 Å². The molecule has 0 amide bonds. The van der Waals surface area contributed by atoms with E-state index in [1.807, 2.05) is 24.3 Å². The van der Waals surface area contributed by atoms with Crippen LogP contribution in [0.5, 0.6) is 11.5 Å². The van der Waals surface area contributed by atoms with Crippen LogP contribution in [0.15, 0.2) is 101 Å². The zero-order valence-corrected chi connectivity index (χ0v) is 18.2. The van der Waals surface area contributed by atoms with Crippen LogP contribution in [0.4, 0.5) is 0 Å². The minimum Gasteiger partial charge on any atom is -0.493 e. The highest BCUT2D eigenvalue weighted by atomic mass is 32.2. The Bertz CT molecular complexity index is 1350. The highest BCUT2D eigenvalue weighted by molar-refractivity contribution is 7.89. The van der Waals surface area contributed by atoms with E-state index in [4.69, 9.17) is 9.47 Å². The number of hydrogen-bond donors (Lipinski definition) is 1. The monoisotopic (exact) mass is 446 g/mol. The normalized spacial score (nSPS) is 11.5. The molecule has 0 saturated carbocycles. The smallest absolute Gasteiger partial charge is 0.276 e. The molecule has 0 aliphatic heterocycles. The largest absolute Gasteiger partial charge is 0.493 e. The summed E-state index contributed by atoms with van der Waals surface area (Å²) in [7, 11) is -2.16. The van der Waals surface area contributed by atoms with Gasteiger partial charge in [-0.3, -0.25) is 0 Å². The second-order valence-electron chi connectivity index (χ2n) is 7.00. The van der Waals surface area contributed by atoms with Crippen molar-refractivity contribution >= 4 is 27.0 Å². The Labute approximate surface area is 187 Å². The number of rotatable bonds is 8. The Morgan fingerprint density at radius 1 is 0.875 bits per heavy atom. The highest BCUT2D eigenvalue weighted by Gasteiger charge is 2.11. The minimum absolute atomic E-state index is 0.145. The van der Waals surface area contributed by atoms with E-state index in [0.29, 0.717) is 23.7 Å². The summed E-state index contributed by atoms with van der Waals surface area (Å²) in [5.74, 6) is 1.11. The molecule has 0 heterocycles. The van der Waals surface area contributed by atoms with Gasteiger partial charge in [-0.2, -0.15) is 13.5 Å². The fourth-order valence-electron chi connectivity index (χ4n) is 3.28. The Hall–Kier alpha value is -3.84. The van der Waals surface area contributed by atoms with Crippen molar-refractivity contribution in [3.8, 4) is 11.5 Å². The van der Waals surface area contributed by atoms with Gasteiger partial charge in [0, 0.05) is 0 Å². The highest BCUT2D eigenvalue weighted by Crippen LogP contribution is 2.29. The maximum atomic E-state index is 12.2. The van der Waals surface area contributed by atoms with Gasteiger partial charge in [0.2, 0.25) is 0 Å². The van der Waals surface area contributed by atoms with Crippen LogP contribution in [-0.4, -0.2) is 21.7 Å². The lowest BCUT2D eigenvalue weighted by molar-refractivity contribution is 0.285. The molecule has 0 fully saturated rings. The molecular weight excluding hydrogens is 424 g/mol. The Kier molecular flexibility index (Phi) is 6.37. The van der Waals surface area contributed by atoms with Crippen molar-refractivity contribution in [2.45, 2.75) is 11.5 Å². The SMILES string of the molecule is COc1cc(C=NNS(=O)(=O)c2ccccc2)ccc1OCc1cccc2ccccc12. The standard InChI is InChI=1S/C25H22N2O4S/c1-30-25-16-19(17-26-27-32(28,29)22-11-3-2-4-12-22)14-15-24(25)31-18-21-10-7-9-20-8-5-6-13-23(20)21/h2-17,27H,18H2,1H3. The van der Waals surface area contributed by atoms with Gasteiger partial charge in [-0.05, 0) is 52.2 Å². The molecule has 0 unspecified atom stereocenters. The number of hydrazone groups is 1. The summed E-state index contributed by atoms with van der Waals surface area (Å²) in [4.78, 5) is 2.35. The zero-order valence-electron chi connectivity index (χ0n) is 17.4. The van der Waals surface area contributed by atoms with Crippen molar-refractivity contribution in [2.24, 2.45) is 5.10 Å². The summed E-state index contributed by atoms with van der Waals surface area (Å²) in [5, 5.41) is 6.16. The summed E-state index contributed by atoms with van der Waals surface area (Å²) >= 11 is 0. The van der Waals surface area contributed by atoms with Crippen molar-refractivity contribution in [3.05, 3.63) is 102 Å². The third-order valence-corrected chi connectivity index (χ3v) is 6.13. The van der Waals surface area contributed by atoms with Crippen molar-refractivity contribution < 1.29 is 17.9 Å². The van der Waals surface area contributed by atoms with Crippen LogP contribution in [0.2, 0.25) is 0 Å². The Morgan fingerprint density at radius 3 is 2.44 bits per heavy atom. The first-order valence-electron chi connectivity index (χ1n) is 9.94. The molecule has 0 radical (unpaired) electrons. The van der Waals surface area contributed by atoms with Crippen LogP contribution in [0.1, 0.15) is 11.1 Å². The van der Waals surface area contributed by atoms with Gasteiger partial charge in [-0.25, -0.2) is 4.83 Å². The fourth-order valence-corrected chi connectivity index (χ4v) is 4.09. The minimum atomic E-state index is -3.72. The predicted molar refractivity (Wildman–Crippen MR) is 126 cm³/mol. The summed E-state index contributed by atoms with van der Waals surface area (Å²) in [6.45, 7) is 0.391. The number of nitrogens with zero attached hydrogens (tertiary/aromatic N) is 1. The van der Waals surface area contributed by atoms with Gasteiger partial charge >= 0.3 is 0 Å². The van der Waals surface area contributed by atoms with E-state index in [-0.39, 0.29) is 4.90 Å². The van der Waals surface area contributed by atoms with Crippen LogP contribution in [0.3, 0.4) is 0 Å². The molecule has 0 saturated heterocycles. The van der Waals surface area contributed by atoms with Gasteiger partial charge in [-0.1, -0.05) is 60.7 Å². The van der Waals surface area contributed by atoms with E-state index < -0.39 is 10.0 Å². The number of methoxy groups -OCH3 is 1. The second kappa shape index (κ2) is 9.53. The van der Waals surface area contributed by atoms with E-state index in [9.17, 15) is 8.42 Å². The first-order valence-corrected chi connectivity index (χ1v) is 11.4. The lowest BCUT2D eigenvalue weighted by atomic mass is 10.1. The number of sulfonamides is 1. The van der Waals surface area contributed by atoms with Crippen LogP contribution in [-0.2, 0) is 16.6 Å². The molecule has 0 aromatic heterocycles. The molecule has 0 spiro atoms. The number of nitrogens with one attached hydrogen (secondary N) is 1.